The van der Waals surface area contributed by atoms with Crippen LogP contribution < -0.4 is 0 Å². The third-order valence-corrected chi connectivity index (χ3v) is 6.41. The third kappa shape index (κ3) is 1.84. The summed E-state index contributed by atoms with van der Waals surface area (Å²) in [6.07, 6.45) is 2.99. The van der Waals surface area contributed by atoms with Crippen LogP contribution in [-0.4, -0.2) is 34.4 Å². The maximum absolute atomic E-state index is 6.05. The molecule has 3 nitrogen and oxygen atoms in total. The maximum Gasteiger partial charge on any atom is 0.174 e. The molecule has 0 aliphatic carbocycles. The molecule has 0 aromatic heterocycles. The van der Waals surface area contributed by atoms with Gasteiger partial charge >= 0.3 is 0 Å². The molecule has 0 N–H and O–H groups in total. The number of nitrogens with zero attached hydrogens (tertiary/aromatic N) is 1. The highest BCUT2D eigenvalue weighted by Crippen LogP contribution is 2.53. The Bertz CT molecular complexity index is 317. The summed E-state index contributed by atoms with van der Waals surface area (Å²) in [4.78, 5) is 0. The summed E-state index contributed by atoms with van der Waals surface area (Å²) >= 11 is 4.84. The van der Waals surface area contributed by atoms with Crippen molar-refractivity contribution in [3.05, 3.63) is 0 Å². The molecule has 2 rings (SSSR count). The molecule has 4 heteroatoms. The Kier molecular flexibility index (Phi) is 3.78. The average molecular weight is 273 g/mol. The lowest BCUT2D eigenvalue weighted by molar-refractivity contribution is -0.262. The molecule has 3 atom stereocenters. The SMILES string of the molecule is CCC1(C)CC2(OCCO2)C(C)C(C)(CC)N1S. The van der Waals surface area contributed by atoms with Gasteiger partial charge in [0.15, 0.2) is 5.79 Å². The minimum atomic E-state index is -0.408. The largest absolute Gasteiger partial charge is 0.347 e. The van der Waals surface area contributed by atoms with Gasteiger partial charge in [0.2, 0.25) is 0 Å². The van der Waals surface area contributed by atoms with E-state index in [1.807, 2.05) is 0 Å². The van der Waals surface area contributed by atoms with Gasteiger partial charge < -0.3 is 9.47 Å². The Hall–Kier alpha value is 0.230. The lowest BCUT2D eigenvalue weighted by atomic mass is 9.68. The number of rotatable bonds is 2. The molecule has 0 bridgehead atoms. The fraction of sp³-hybridized carbons (Fsp3) is 1.00. The molecule has 2 aliphatic heterocycles. The van der Waals surface area contributed by atoms with Gasteiger partial charge in [0.1, 0.15) is 0 Å². The van der Waals surface area contributed by atoms with Gasteiger partial charge in [0.25, 0.3) is 0 Å². The summed E-state index contributed by atoms with van der Waals surface area (Å²) in [5, 5.41) is 0. The Morgan fingerprint density at radius 1 is 1.17 bits per heavy atom. The van der Waals surface area contributed by atoms with E-state index in [9.17, 15) is 0 Å². The van der Waals surface area contributed by atoms with E-state index in [0.717, 1.165) is 32.5 Å². The second-order valence-corrected chi connectivity index (χ2v) is 6.68. The number of ether oxygens (including phenoxy) is 2. The van der Waals surface area contributed by atoms with Crippen molar-refractivity contribution in [2.24, 2.45) is 5.92 Å². The lowest BCUT2D eigenvalue weighted by Crippen LogP contribution is -2.69. The van der Waals surface area contributed by atoms with Crippen LogP contribution in [0.4, 0.5) is 0 Å². The highest BCUT2D eigenvalue weighted by atomic mass is 32.1. The summed E-state index contributed by atoms with van der Waals surface area (Å²) in [6, 6.07) is 0. The molecule has 106 valence electrons. The molecular formula is C14H27NO2S. The minimum absolute atomic E-state index is 0.00351. The molecule has 1 spiro atoms. The highest BCUT2D eigenvalue weighted by Gasteiger charge is 2.61. The zero-order valence-electron chi connectivity index (χ0n) is 12.3. The first-order valence-electron chi connectivity index (χ1n) is 7.12. The molecular weight excluding hydrogens is 246 g/mol. The molecule has 0 aromatic carbocycles. The lowest BCUT2D eigenvalue weighted by Gasteiger charge is -2.61. The molecule has 0 saturated carbocycles. The molecule has 0 aromatic rings. The second-order valence-electron chi connectivity index (χ2n) is 6.28. The summed E-state index contributed by atoms with van der Waals surface area (Å²) in [7, 11) is 0. The van der Waals surface area contributed by atoms with Gasteiger partial charge in [-0.2, -0.15) is 0 Å². The van der Waals surface area contributed by atoms with Crippen molar-refractivity contribution in [2.45, 2.75) is 70.7 Å². The number of piperidine rings is 1. The zero-order valence-corrected chi connectivity index (χ0v) is 13.2. The quantitative estimate of drug-likeness (QED) is 0.781. The smallest absolute Gasteiger partial charge is 0.174 e. The van der Waals surface area contributed by atoms with Crippen LogP contribution >= 0.6 is 12.8 Å². The average Bonchev–Trinajstić information content (AvgIpc) is 2.83. The normalized spacial score (nSPS) is 44.7. The van der Waals surface area contributed by atoms with E-state index < -0.39 is 5.79 Å². The van der Waals surface area contributed by atoms with Crippen LogP contribution in [0.15, 0.2) is 0 Å². The van der Waals surface area contributed by atoms with Gasteiger partial charge in [0.05, 0.1) is 13.2 Å². The minimum Gasteiger partial charge on any atom is -0.347 e. The van der Waals surface area contributed by atoms with Gasteiger partial charge in [0, 0.05) is 23.4 Å². The van der Waals surface area contributed by atoms with E-state index in [2.05, 4.69) is 38.9 Å². The molecule has 2 aliphatic rings. The van der Waals surface area contributed by atoms with Crippen molar-refractivity contribution >= 4 is 12.8 Å². The number of hydrogen-bond donors (Lipinski definition) is 1. The summed E-state index contributed by atoms with van der Waals surface area (Å²) in [5.41, 5.74) is 0.0151. The predicted molar refractivity (Wildman–Crippen MR) is 76.6 cm³/mol. The van der Waals surface area contributed by atoms with E-state index in [1.54, 1.807) is 0 Å². The highest BCUT2D eigenvalue weighted by molar-refractivity contribution is 7.77. The van der Waals surface area contributed by atoms with E-state index in [4.69, 9.17) is 22.3 Å². The van der Waals surface area contributed by atoms with Crippen LogP contribution in [0.5, 0.6) is 0 Å². The molecule has 0 amide bonds. The summed E-state index contributed by atoms with van der Waals surface area (Å²) < 4.78 is 14.4. The van der Waals surface area contributed by atoms with Crippen LogP contribution in [0.2, 0.25) is 0 Å². The van der Waals surface area contributed by atoms with Gasteiger partial charge in [-0.05, 0) is 26.7 Å². The van der Waals surface area contributed by atoms with Gasteiger partial charge in [-0.15, -0.1) is 0 Å². The molecule has 2 heterocycles. The number of thiol groups is 1. The van der Waals surface area contributed by atoms with Gasteiger partial charge in [-0.25, -0.2) is 4.31 Å². The third-order valence-electron chi connectivity index (χ3n) is 5.47. The maximum atomic E-state index is 6.05. The Labute approximate surface area is 117 Å². The van der Waals surface area contributed by atoms with E-state index in [0.29, 0.717) is 5.92 Å². The van der Waals surface area contributed by atoms with Crippen LogP contribution in [0.1, 0.15) is 53.9 Å². The number of hydrogen-bond acceptors (Lipinski definition) is 4. The van der Waals surface area contributed by atoms with E-state index in [1.165, 1.54) is 0 Å². The second kappa shape index (κ2) is 4.65. The molecule has 2 saturated heterocycles. The van der Waals surface area contributed by atoms with Crippen LogP contribution in [0.25, 0.3) is 0 Å². The van der Waals surface area contributed by atoms with Crippen molar-refractivity contribution < 1.29 is 9.47 Å². The standard InChI is InChI=1S/C14H27NO2S/c1-6-12(4)10-14(16-8-9-17-14)11(3)13(5,7-2)15(12)18/h11,18H,6-10H2,1-5H3. The first-order valence-corrected chi connectivity index (χ1v) is 7.52. The van der Waals surface area contributed by atoms with Crippen molar-refractivity contribution in [1.82, 2.24) is 4.31 Å². The van der Waals surface area contributed by atoms with Crippen LogP contribution in [0.3, 0.4) is 0 Å². The molecule has 18 heavy (non-hydrogen) atoms. The first kappa shape index (κ1) is 14.6. The molecule has 3 unspecified atom stereocenters. The van der Waals surface area contributed by atoms with Gasteiger partial charge in [-0.3, -0.25) is 0 Å². The summed E-state index contributed by atoms with van der Waals surface area (Å²) in [6.45, 7) is 12.7. The molecule has 2 fully saturated rings. The van der Waals surface area contributed by atoms with E-state index >= 15 is 0 Å². The van der Waals surface area contributed by atoms with E-state index in [-0.39, 0.29) is 11.1 Å². The van der Waals surface area contributed by atoms with Crippen molar-refractivity contribution in [2.75, 3.05) is 13.2 Å². The Balaban J connectivity index is 2.42. The Morgan fingerprint density at radius 2 is 1.72 bits per heavy atom. The van der Waals surface area contributed by atoms with Crippen molar-refractivity contribution in [3.63, 3.8) is 0 Å². The van der Waals surface area contributed by atoms with Gasteiger partial charge in [-0.1, -0.05) is 33.6 Å². The first-order chi connectivity index (χ1) is 8.34. The monoisotopic (exact) mass is 273 g/mol. The summed E-state index contributed by atoms with van der Waals surface area (Å²) in [5.74, 6) is -0.0935. The fourth-order valence-electron chi connectivity index (χ4n) is 3.59. The predicted octanol–water partition coefficient (Wildman–Crippen LogP) is 3.25. The van der Waals surface area contributed by atoms with Crippen LogP contribution in [0, 0.1) is 5.92 Å². The van der Waals surface area contributed by atoms with Crippen LogP contribution in [-0.2, 0) is 9.47 Å². The van der Waals surface area contributed by atoms with Crippen molar-refractivity contribution in [3.8, 4) is 0 Å². The zero-order chi connectivity index (χ0) is 13.6. The topological polar surface area (TPSA) is 21.7 Å². The Morgan fingerprint density at radius 3 is 2.17 bits per heavy atom. The molecule has 0 radical (unpaired) electrons. The fourth-order valence-corrected chi connectivity index (χ4v) is 4.11. The van der Waals surface area contributed by atoms with Crippen molar-refractivity contribution in [1.29, 1.82) is 0 Å².